The number of H-pyrrole nitrogens is 1. The number of nitrogens with one attached hydrogen (secondary N) is 1. The lowest BCUT2D eigenvalue weighted by Gasteiger charge is -2.31. The molecule has 0 amide bonds. The number of halogens is 5. The molecule has 40 heavy (non-hydrogen) atoms. The number of aliphatic hydroxyl groups is 2. The van der Waals surface area contributed by atoms with Crippen LogP contribution in [-0.2, 0) is 22.6 Å². The standard InChI is InChI=1S/C23H22Cl3F2N7O4S/c1-11(37)20(9-36)39-23(40-13-2-3-14(24)15(25)6-13)19(38-10-21-30-32-33-31-21)8-35-7-18(29-34-35)12-4-16(27)22(26)17(28)5-12/h2-7,11,19-20,23,36-37H,8-10H2,1H3,(H,30,31,32,33)/t11-,19+,20?,23?/m1/s1. The number of tetrazole rings is 1. The van der Waals surface area contributed by atoms with Crippen LogP contribution in [0.25, 0.3) is 11.3 Å². The zero-order valence-electron chi connectivity index (χ0n) is 20.6. The van der Waals surface area contributed by atoms with Gasteiger partial charge in [-0.3, -0.25) is 0 Å². The van der Waals surface area contributed by atoms with Crippen molar-refractivity contribution in [1.82, 2.24) is 35.6 Å². The Hall–Kier alpha value is -2.43. The molecule has 0 aliphatic heterocycles. The highest BCUT2D eigenvalue weighted by atomic mass is 35.5. The molecule has 0 saturated heterocycles. The number of benzene rings is 2. The van der Waals surface area contributed by atoms with E-state index < -0.39 is 47.0 Å². The van der Waals surface area contributed by atoms with Crippen molar-refractivity contribution in [3.63, 3.8) is 0 Å². The van der Waals surface area contributed by atoms with Crippen molar-refractivity contribution in [1.29, 1.82) is 0 Å². The predicted octanol–water partition coefficient (Wildman–Crippen LogP) is 4.16. The second-order valence-electron chi connectivity index (χ2n) is 8.44. The van der Waals surface area contributed by atoms with E-state index in [1.165, 1.54) is 29.6 Å². The van der Waals surface area contributed by atoms with Crippen LogP contribution in [0.5, 0.6) is 0 Å². The van der Waals surface area contributed by atoms with Gasteiger partial charge in [-0.1, -0.05) is 51.8 Å². The molecule has 3 N–H and O–H groups in total. The predicted molar refractivity (Wildman–Crippen MR) is 143 cm³/mol. The third kappa shape index (κ3) is 7.85. The third-order valence-corrected chi connectivity index (χ3v) is 7.76. The minimum Gasteiger partial charge on any atom is -0.394 e. The van der Waals surface area contributed by atoms with E-state index >= 15 is 0 Å². The van der Waals surface area contributed by atoms with Crippen LogP contribution in [0.15, 0.2) is 41.4 Å². The highest BCUT2D eigenvalue weighted by Gasteiger charge is 2.31. The SMILES string of the molecule is C[C@@H](O)C(CO)OC(Sc1ccc(Cl)c(Cl)c1)[C@H](Cn1cc(-c2cc(F)c(Cl)c(F)c2)nn1)OCc1nnn[nH]1. The van der Waals surface area contributed by atoms with Gasteiger partial charge >= 0.3 is 0 Å². The maximum Gasteiger partial charge on any atom is 0.174 e. The number of aliphatic hydroxyl groups excluding tert-OH is 2. The minimum absolute atomic E-state index is 0.0179. The van der Waals surface area contributed by atoms with Gasteiger partial charge in [0, 0.05) is 10.5 Å². The zero-order chi connectivity index (χ0) is 28.8. The molecular weight excluding hydrogens is 615 g/mol. The smallest absolute Gasteiger partial charge is 0.174 e. The normalized spacial score (nSPS) is 14.7. The summed E-state index contributed by atoms with van der Waals surface area (Å²) in [6.45, 7) is 0.957. The first kappa shape index (κ1) is 30.5. The molecule has 4 aromatic rings. The third-order valence-electron chi connectivity index (χ3n) is 5.48. The minimum atomic E-state index is -1.02. The van der Waals surface area contributed by atoms with Crippen molar-refractivity contribution in [3.05, 3.63) is 69.1 Å². The van der Waals surface area contributed by atoms with E-state index in [0.717, 1.165) is 12.1 Å². The van der Waals surface area contributed by atoms with E-state index in [1.54, 1.807) is 18.2 Å². The van der Waals surface area contributed by atoms with Gasteiger partial charge < -0.3 is 19.7 Å². The second kappa shape index (κ2) is 14.0. The van der Waals surface area contributed by atoms with Crippen molar-refractivity contribution < 1.29 is 28.5 Å². The molecule has 0 bridgehead atoms. The molecule has 2 unspecified atom stereocenters. The number of hydrogen-bond acceptors (Lipinski definition) is 10. The number of rotatable bonds is 13. The van der Waals surface area contributed by atoms with E-state index in [4.69, 9.17) is 44.3 Å². The van der Waals surface area contributed by atoms with Crippen LogP contribution in [0.1, 0.15) is 12.7 Å². The van der Waals surface area contributed by atoms with E-state index in [2.05, 4.69) is 30.9 Å². The van der Waals surface area contributed by atoms with Gasteiger partial charge in [0.2, 0.25) is 0 Å². The average Bonchev–Trinajstić information content (AvgIpc) is 3.61. The van der Waals surface area contributed by atoms with Gasteiger partial charge in [0.15, 0.2) is 5.82 Å². The Labute approximate surface area is 245 Å². The summed E-state index contributed by atoms with van der Waals surface area (Å²) in [5, 5.41) is 41.6. The monoisotopic (exact) mass is 635 g/mol. The fraction of sp³-hybridized carbons (Fsp3) is 0.348. The maximum atomic E-state index is 14.0. The van der Waals surface area contributed by atoms with Crippen LogP contribution in [0.3, 0.4) is 0 Å². The summed E-state index contributed by atoms with van der Waals surface area (Å²) in [4.78, 5) is 0.656. The Kier molecular flexibility index (Phi) is 10.7. The Morgan fingerprint density at radius 2 is 1.82 bits per heavy atom. The van der Waals surface area contributed by atoms with Gasteiger partial charge in [-0.25, -0.2) is 18.6 Å². The Bertz CT molecular complexity index is 1390. The molecule has 0 radical (unpaired) electrons. The average molecular weight is 637 g/mol. The first-order valence-corrected chi connectivity index (χ1v) is 13.6. The molecule has 17 heteroatoms. The van der Waals surface area contributed by atoms with Crippen LogP contribution in [0.4, 0.5) is 8.78 Å². The number of aromatic nitrogens is 7. The van der Waals surface area contributed by atoms with Crippen LogP contribution in [0, 0.1) is 11.6 Å². The lowest BCUT2D eigenvalue weighted by atomic mass is 10.1. The van der Waals surface area contributed by atoms with Gasteiger partial charge in [0.25, 0.3) is 0 Å². The summed E-state index contributed by atoms with van der Waals surface area (Å²) >= 11 is 19.1. The quantitative estimate of drug-likeness (QED) is 0.111. The van der Waals surface area contributed by atoms with E-state index in [9.17, 15) is 19.0 Å². The van der Waals surface area contributed by atoms with Crippen LogP contribution >= 0.6 is 46.6 Å². The number of aromatic amines is 1. The van der Waals surface area contributed by atoms with E-state index in [-0.39, 0.29) is 24.4 Å². The van der Waals surface area contributed by atoms with E-state index in [0.29, 0.717) is 20.8 Å². The molecule has 2 aromatic carbocycles. The molecule has 4 atom stereocenters. The molecule has 2 aromatic heterocycles. The first-order chi connectivity index (χ1) is 19.1. The molecule has 214 valence electrons. The highest BCUT2D eigenvalue weighted by Crippen LogP contribution is 2.34. The zero-order valence-corrected chi connectivity index (χ0v) is 23.7. The molecule has 2 heterocycles. The molecule has 0 aliphatic carbocycles. The molecule has 4 rings (SSSR count). The number of nitrogens with zero attached hydrogens (tertiary/aromatic N) is 6. The number of ether oxygens (including phenoxy) is 2. The molecule has 0 fully saturated rings. The maximum absolute atomic E-state index is 14.0. The molecule has 0 spiro atoms. The van der Waals surface area contributed by atoms with Crippen molar-refractivity contribution in [2.75, 3.05) is 6.61 Å². The van der Waals surface area contributed by atoms with Crippen molar-refractivity contribution in [2.24, 2.45) is 0 Å². The topological polar surface area (TPSA) is 144 Å². The Morgan fingerprint density at radius 1 is 1.07 bits per heavy atom. The fourth-order valence-electron chi connectivity index (χ4n) is 3.41. The van der Waals surface area contributed by atoms with Crippen LogP contribution < -0.4 is 0 Å². The van der Waals surface area contributed by atoms with Crippen molar-refractivity contribution in [3.8, 4) is 11.3 Å². The van der Waals surface area contributed by atoms with Crippen molar-refractivity contribution >= 4 is 46.6 Å². The molecule has 11 nitrogen and oxygen atoms in total. The Balaban J connectivity index is 1.65. The largest absolute Gasteiger partial charge is 0.394 e. The molecule has 0 saturated carbocycles. The first-order valence-electron chi connectivity index (χ1n) is 11.6. The summed E-state index contributed by atoms with van der Waals surface area (Å²) in [5.74, 6) is -1.55. The molecule has 0 aliphatic rings. The van der Waals surface area contributed by atoms with Crippen LogP contribution in [-0.4, -0.2) is 76.2 Å². The number of hydrogen-bond donors (Lipinski definition) is 3. The van der Waals surface area contributed by atoms with Crippen LogP contribution in [0.2, 0.25) is 15.1 Å². The van der Waals surface area contributed by atoms with E-state index in [1.807, 2.05) is 0 Å². The van der Waals surface area contributed by atoms with Gasteiger partial charge in [-0.15, -0.1) is 10.2 Å². The number of thioether (sulfide) groups is 1. The Morgan fingerprint density at radius 3 is 2.45 bits per heavy atom. The summed E-state index contributed by atoms with van der Waals surface area (Å²) in [6.07, 6.45) is -1.35. The fourth-order valence-corrected chi connectivity index (χ4v) is 5.00. The van der Waals surface area contributed by atoms with Gasteiger partial charge in [0.05, 0.1) is 35.5 Å². The summed E-state index contributed by atoms with van der Waals surface area (Å²) in [6, 6.07) is 7.07. The van der Waals surface area contributed by atoms with Gasteiger partial charge in [-0.2, -0.15) is 0 Å². The lowest BCUT2D eigenvalue weighted by molar-refractivity contribution is -0.116. The summed E-state index contributed by atoms with van der Waals surface area (Å²) in [5.41, 5.74) is -0.555. The second-order valence-corrected chi connectivity index (χ2v) is 10.8. The van der Waals surface area contributed by atoms with Gasteiger partial charge in [0.1, 0.15) is 46.6 Å². The van der Waals surface area contributed by atoms with Gasteiger partial charge in [-0.05, 0) is 47.7 Å². The van der Waals surface area contributed by atoms with Crippen molar-refractivity contribution in [2.45, 2.75) is 48.7 Å². The molecular formula is C23H22Cl3F2N7O4S. The highest BCUT2D eigenvalue weighted by molar-refractivity contribution is 7.99. The summed E-state index contributed by atoms with van der Waals surface area (Å²) in [7, 11) is 0. The lowest BCUT2D eigenvalue weighted by Crippen LogP contribution is -2.40. The summed E-state index contributed by atoms with van der Waals surface area (Å²) < 4.78 is 41.6.